The van der Waals surface area contributed by atoms with E-state index >= 15 is 0 Å². The van der Waals surface area contributed by atoms with Gasteiger partial charge < -0.3 is 10.5 Å². The number of benzene rings is 1. The SMILES string of the molecule is Cc1cnc(Oc2ccc([NH])c(C)c2)cn1. The molecular weight excluding hydrogens is 202 g/mol. The molecule has 81 valence electrons. The highest BCUT2D eigenvalue weighted by Crippen LogP contribution is 2.23. The second-order valence-electron chi connectivity index (χ2n) is 3.57. The molecule has 0 aliphatic heterocycles. The van der Waals surface area contributed by atoms with E-state index in [1.807, 2.05) is 19.9 Å². The zero-order valence-electron chi connectivity index (χ0n) is 9.19. The molecule has 0 aliphatic carbocycles. The van der Waals surface area contributed by atoms with E-state index in [-0.39, 0.29) is 0 Å². The molecule has 1 aromatic heterocycles. The Morgan fingerprint density at radius 2 is 1.94 bits per heavy atom. The van der Waals surface area contributed by atoms with Crippen molar-refractivity contribution in [3.8, 4) is 11.6 Å². The minimum Gasteiger partial charge on any atom is -0.437 e. The fraction of sp³-hybridized carbons (Fsp3) is 0.167. The number of hydrogen-bond donors (Lipinski definition) is 0. The average Bonchev–Trinajstić information content (AvgIpc) is 2.27. The summed E-state index contributed by atoms with van der Waals surface area (Å²) in [6, 6.07) is 5.26. The first kappa shape index (κ1) is 10.4. The molecule has 0 bridgehead atoms. The highest BCUT2D eigenvalue weighted by atomic mass is 16.5. The van der Waals surface area contributed by atoms with Crippen LogP contribution >= 0.6 is 0 Å². The first-order valence-corrected chi connectivity index (χ1v) is 4.94. The Balaban J connectivity index is 2.20. The summed E-state index contributed by atoms with van der Waals surface area (Å²) in [5, 5.41) is 0. The molecule has 4 nitrogen and oxygen atoms in total. The van der Waals surface area contributed by atoms with Crippen LogP contribution in [0.4, 0.5) is 5.69 Å². The van der Waals surface area contributed by atoms with Gasteiger partial charge in [-0.1, -0.05) is 0 Å². The van der Waals surface area contributed by atoms with Crippen molar-refractivity contribution < 1.29 is 4.74 Å². The van der Waals surface area contributed by atoms with Gasteiger partial charge in [0.1, 0.15) is 5.75 Å². The van der Waals surface area contributed by atoms with E-state index in [2.05, 4.69) is 9.97 Å². The summed E-state index contributed by atoms with van der Waals surface area (Å²) in [6.45, 7) is 3.74. The molecule has 0 saturated heterocycles. The van der Waals surface area contributed by atoms with Crippen molar-refractivity contribution in [1.29, 1.82) is 0 Å². The Morgan fingerprint density at radius 1 is 1.12 bits per heavy atom. The number of hydrogen-bond acceptors (Lipinski definition) is 3. The maximum Gasteiger partial charge on any atom is 0.237 e. The standard InChI is InChI=1S/C12H12N3O/c1-8-5-10(3-4-11(8)13)16-12-7-14-9(2)6-15-12/h3-7,13H,1-2H3. The molecule has 1 radical (unpaired) electrons. The first-order chi connectivity index (χ1) is 7.65. The first-order valence-electron chi connectivity index (χ1n) is 4.94. The summed E-state index contributed by atoms with van der Waals surface area (Å²) >= 11 is 0. The van der Waals surface area contributed by atoms with Crippen molar-refractivity contribution in [2.45, 2.75) is 13.8 Å². The molecule has 1 aromatic carbocycles. The maximum absolute atomic E-state index is 7.54. The summed E-state index contributed by atoms with van der Waals surface area (Å²) in [6.07, 6.45) is 3.24. The molecule has 0 saturated carbocycles. The van der Waals surface area contributed by atoms with Gasteiger partial charge in [-0.15, -0.1) is 0 Å². The molecule has 0 amide bonds. The van der Waals surface area contributed by atoms with E-state index in [0.29, 0.717) is 17.3 Å². The van der Waals surface area contributed by atoms with Crippen LogP contribution < -0.4 is 10.5 Å². The average molecular weight is 214 g/mol. The summed E-state index contributed by atoms with van der Waals surface area (Å²) in [4.78, 5) is 8.18. The summed E-state index contributed by atoms with van der Waals surface area (Å²) in [7, 11) is 0. The van der Waals surface area contributed by atoms with Gasteiger partial charge in [-0.25, -0.2) is 4.98 Å². The molecule has 1 heterocycles. The largest absolute Gasteiger partial charge is 0.437 e. The number of aromatic nitrogens is 2. The Labute approximate surface area is 94.1 Å². The third-order valence-electron chi connectivity index (χ3n) is 2.18. The summed E-state index contributed by atoms with van der Waals surface area (Å²) < 4.78 is 5.51. The predicted molar refractivity (Wildman–Crippen MR) is 60.8 cm³/mol. The topological polar surface area (TPSA) is 58.8 Å². The van der Waals surface area contributed by atoms with Crippen LogP contribution in [0.1, 0.15) is 11.3 Å². The lowest BCUT2D eigenvalue weighted by Crippen LogP contribution is -1.91. The van der Waals surface area contributed by atoms with Crippen molar-refractivity contribution in [3.05, 3.63) is 41.9 Å². The number of ether oxygens (including phenoxy) is 1. The zero-order valence-corrected chi connectivity index (χ0v) is 9.19. The Morgan fingerprint density at radius 3 is 2.56 bits per heavy atom. The highest BCUT2D eigenvalue weighted by molar-refractivity contribution is 5.47. The van der Waals surface area contributed by atoms with Crippen LogP contribution in [-0.4, -0.2) is 9.97 Å². The summed E-state index contributed by atoms with van der Waals surface area (Å²) in [5.74, 6) is 1.13. The molecule has 2 aromatic rings. The van der Waals surface area contributed by atoms with Crippen LogP contribution in [0.5, 0.6) is 11.6 Å². The smallest absolute Gasteiger partial charge is 0.237 e. The number of nitrogens with zero attached hydrogens (tertiary/aromatic N) is 2. The molecule has 4 heteroatoms. The minimum atomic E-state index is 0.461. The molecule has 0 aliphatic rings. The van der Waals surface area contributed by atoms with Gasteiger partial charge in [0.15, 0.2) is 0 Å². The van der Waals surface area contributed by atoms with Gasteiger partial charge in [0.2, 0.25) is 5.88 Å². The Bertz CT molecular complexity index is 494. The zero-order chi connectivity index (χ0) is 11.5. The van der Waals surface area contributed by atoms with Crippen molar-refractivity contribution in [3.63, 3.8) is 0 Å². The van der Waals surface area contributed by atoms with Crippen molar-refractivity contribution in [2.75, 3.05) is 0 Å². The van der Waals surface area contributed by atoms with E-state index in [1.54, 1.807) is 24.5 Å². The van der Waals surface area contributed by atoms with Crippen LogP contribution in [0.3, 0.4) is 0 Å². The van der Waals surface area contributed by atoms with Gasteiger partial charge in [0, 0.05) is 0 Å². The van der Waals surface area contributed by atoms with E-state index in [4.69, 9.17) is 10.5 Å². The lowest BCUT2D eigenvalue weighted by Gasteiger charge is -2.06. The fourth-order valence-corrected chi connectivity index (χ4v) is 1.25. The van der Waals surface area contributed by atoms with Crippen LogP contribution in [0.15, 0.2) is 30.6 Å². The van der Waals surface area contributed by atoms with Crippen molar-refractivity contribution >= 4 is 5.69 Å². The number of nitrogens with one attached hydrogen (secondary N) is 1. The molecule has 16 heavy (non-hydrogen) atoms. The lowest BCUT2D eigenvalue weighted by atomic mass is 10.2. The second kappa shape index (κ2) is 4.18. The predicted octanol–water partition coefficient (Wildman–Crippen LogP) is 2.80. The fourth-order valence-electron chi connectivity index (χ4n) is 1.25. The maximum atomic E-state index is 7.54. The molecule has 0 fully saturated rings. The molecular formula is C12H12N3O. The van der Waals surface area contributed by atoms with Crippen molar-refractivity contribution in [1.82, 2.24) is 15.7 Å². The van der Waals surface area contributed by atoms with E-state index in [9.17, 15) is 0 Å². The third-order valence-corrected chi connectivity index (χ3v) is 2.18. The Hall–Kier alpha value is -2.10. The van der Waals surface area contributed by atoms with Crippen LogP contribution in [0, 0.1) is 13.8 Å². The highest BCUT2D eigenvalue weighted by Gasteiger charge is 2.01. The van der Waals surface area contributed by atoms with Crippen LogP contribution in [0.25, 0.3) is 0 Å². The Kier molecular flexibility index (Phi) is 2.72. The van der Waals surface area contributed by atoms with Gasteiger partial charge in [0.25, 0.3) is 0 Å². The molecule has 0 atom stereocenters. The quantitative estimate of drug-likeness (QED) is 0.772. The van der Waals surface area contributed by atoms with Crippen LogP contribution in [-0.2, 0) is 0 Å². The van der Waals surface area contributed by atoms with E-state index < -0.39 is 0 Å². The van der Waals surface area contributed by atoms with Gasteiger partial charge in [-0.3, -0.25) is 4.98 Å². The second-order valence-corrected chi connectivity index (χ2v) is 3.57. The lowest BCUT2D eigenvalue weighted by molar-refractivity contribution is 0.459. The van der Waals surface area contributed by atoms with Crippen molar-refractivity contribution in [2.24, 2.45) is 0 Å². The molecule has 0 unspecified atom stereocenters. The van der Waals surface area contributed by atoms with E-state index in [1.165, 1.54) is 0 Å². The van der Waals surface area contributed by atoms with Crippen LogP contribution in [0.2, 0.25) is 0 Å². The van der Waals surface area contributed by atoms with Gasteiger partial charge in [-0.2, -0.15) is 0 Å². The van der Waals surface area contributed by atoms with Gasteiger partial charge in [-0.05, 0) is 37.6 Å². The molecule has 0 spiro atoms. The number of aryl methyl sites for hydroxylation is 2. The normalized spacial score (nSPS) is 10.1. The third kappa shape index (κ3) is 2.28. The van der Waals surface area contributed by atoms with Gasteiger partial charge >= 0.3 is 0 Å². The summed E-state index contributed by atoms with van der Waals surface area (Å²) in [5.41, 5.74) is 9.77. The number of rotatable bonds is 2. The minimum absolute atomic E-state index is 0.461. The van der Waals surface area contributed by atoms with Gasteiger partial charge in [0.05, 0.1) is 23.8 Å². The van der Waals surface area contributed by atoms with E-state index in [0.717, 1.165) is 11.3 Å². The molecule has 2 rings (SSSR count). The monoisotopic (exact) mass is 214 g/mol. The molecule has 1 N–H and O–H groups in total.